The SMILES string of the molecule is O=C1N=c2ccc(F)cc2=C1c1s/c(=N/c2nc(-c3ccccc3)cs2)n(-c2ccccc2)c1O. The molecule has 3 aromatic carbocycles. The van der Waals surface area contributed by atoms with Crippen LogP contribution in [0.25, 0.3) is 22.5 Å². The zero-order valence-electron chi connectivity index (χ0n) is 17.9. The van der Waals surface area contributed by atoms with Crippen LogP contribution < -0.4 is 15.4 Å². The molecule has 5 aromatic rings. The van der Waals surface area contributed by atoms with Gasteiger partial charge in [-0.25, -0.2) is 14.4 Å². The van der Waals surface area contributed by atoms with Gasteiger partial charge in [-0.1, -0.05) is 59.9 Å². The number of fused-ring (bicyclic) bond motifs is 1. The Balaban J connectivity index is 1.58. The molecule has 0 atom stereocenters. The minimum atomic E-state index is -0.533. The molecule has 1 aliphatic rings. The molecule has 0 radical (unpaired) electrons. The van der Waals surface area contributed by atoms with E-state index in [0.29, 0.717) is 26.2 Å². The van der Waals surface area contributed by atoms with Crippen LogP contribution in [0.15, 0.2) is 94.2 Å². The maximum absolute atomic E-state index is 14.0. The van der Waals surface area contributed by atoms with E-state index in [2.05, 4.69) is 9.98 Å². The van der Waals surface area contributed by atoms with Crippen LogP contribution in [0.3, 0.4) is 0 Å². The Labute approximate surface area is 206 Å². The summed E-state index contributed by atoms with van der Waals surface area (Å²) < 4.78 is 15.6. The van der Waals surface area contributed by atoms with Gasteiger partial charge in [0.1, 0.15) is 10.7 Å². The van der Waals surface area contributed by atoms with Gasteiger partial charge < -0.3 is 5.11 Å². The van der Waals surface area contributed by atoms with Crippen LogP contribution in [0.4, 0.5) is 9.52 Å². The predicted molar refractivity (Wildman–Crippen MR) is 133 cm³/mol. The lowest BCUT2D eigenvalue weighted by atomic mass is 10.1. The maximum Gasteiger partial charge on any atom is 0.279 e. The maximum atomic E-state index is 14.0. The Bertz CT molecular complexity index is 1790. The van der Waals surface area contributed by atoms with Gasteiger partial charge in [-0.3, -0.25) is 9.36 Å². The molecular weight excluding hydrogens is 483 g/mol. The number of para-hydroxylation sites is 1. The average Bonchev–Trinajstić information content (AvgIpc) is 3.55. The van der Waals surface area contributed by atoms with Crippen molar-refractivity contribution in [2.24, 2.45) is 9.98 Å². The summed E-state index contributed by atoms with van der Waals surface area (Å²) >= 11 is 2.50. The summed E-state index contributed by atoms with van der Waals surface area (Å²) in [7, 11) is 0. The third-order valence-corrected chi connectivity index (χ3v) is 7.24. The zero-order valence-corrected chi connectivity index (χ0v) is 19.6. The molecule has 0 spiro atoms. The molecule has 6 rings (SSSR count). The first-order valence-corrected chi connectivity index (χ1v) is 12.3. The van der Waals surface area contributed by atoms with Crippen molar-refractivity contribution in [3.05, 3.63) is 110 Å². The molecule has 1 N–H and O–H groups in total. The van der Waals surface area contributed by atoms with E-state index in [0.717, 1.165) is 22.6 Å². The lowest BCUT2D eigenvalue weighted by Crippen LogP contribution is -2.23. The van der Waals surface area contributed by atoms with Crippen LogP contribution in [0, 0.1) is 5.82 Å². The number of carbonyl (C=O) groups excluding carboxylic acids is 1. The molecule has 1 aliphatic heterocycles. The van der Waals surface area contributed by atoms with E-state index in [1.807, 2.05) is 66.0 Å². The highest BCUT2D eigenvalue weighted by Gasteiger charge is 2.26. The molecule has 0 aliphatic carbocycles. The topological polar surface area (TPSA) is 79.8 Å². The van der Waals surface area contributed by atoms with Gasteiger partial charge >= 0.3 is 0 Å². The molecule has 2 aromatic heterocycles. The molecule has 1 amide bonds. The Kier molecular flexibility index (Phi) is 5.20. The van der Waals surface area contributed by atoms with Crippen LogP contribution >= 0.6 is 22.7 Å². The van der Waals surface area contributed by atoms with Crippen LogP contribution in [0.5, 0.6) is 5.88 Å². The number of amides is 1. The highest BCUT2D eigenvalue weighted by atomic mass is 32.1. The minimum Gasteiger partial charge on any atom is -0.493 e. The Morgan fingerprint density at radius 3 is 2.49 bits per heavy atom. The van der Waals surface area contributed by atoms with E-state index in [9.17, 15) is 14.3 Å². The van der Waals surface area contributed by atoms with Crippen molar-refractivity contribution in [1.82, 2.24) is 9.55 Å². The summed E-state index contributed by atoms with van der Waals surface area (Å²) in [6, 6.07) is 22.9. The summed E-state index contributed by atoms with van der Waals surface area (Å²) in [6.07, 6.45) is 0. The smallest absolute Gasteiger partial charge is 0.279 e. The first-order chi connectivity index (χ1) is 17.1. The second-order valence-corrected chi connectivity index (χ2v) is 9.47. The number of halogens is 1. The Morgan fingerprint density at radius 2 is 1.71 bits per heavy atom. The van der Waals surface area contributed by atoms with E-state index in [4.69, 9.17) is 4.99 Å². The van der Waals surface area contributed by atoms with Crippen LogP contribution in [-0.4, -0.2) is 20.6 Å². The molecule has 0 saturated carbocycles. The van der Waals surface area contributed by atoms with Crippen molar-refractivity contribution >= 4 is 39.3 Å². The lowest BCUT2D eigenvalue weighted by molar-refractivity contribution is -0.112. The number of nitrogens with zero attached hydrogens (tertiary/aromatic N) is 4. The first kappa shape index (κ1) is 21.3. The molecule has 0 saturated heterocycles. The molecule has 35 heavy (non-hydrogen) atoms. The fraction of sp³-hybridized carbons (Fsp3) is 0. The summed E-state index contributed by atoms with van der Waals surface area (Å²) in [5, 5.41) is 14.4. The Hall–Kier alpha value is -4.21. The summed E-state index contributed by atoms with van der Waals surface area (Å²) in [5.41, 5.74) is 2.58. The van der Waals surface area contributed by atoms with E-state index < -0.39 is 11.7 Å². The third-order valence-electron chi connectivity index (χ3n) is 5.46. The zero-order chi connectivity index (χ0) is 23.9. The standard InChI is InChI=1S/C26H15FN4O2S2/c27-16-11-12-19-18(13-16)21(23(32)28-19)22-24(33)31(17-9-5-2-6-10-17)26(35-22)30-25-29-20(14-34-25)15-7-3-1-4-8-15/h1-14,33H/b30-26+. The predicted octanol–water partition coefficient (Wildman–Crippen LogP) is 4.10. The molecule has 6 nitrogen and oxygen atoms in total. The monoisotopic (exact) mass is 498 g/mol. The fourth-order valence-electron chi connectivity index (χ4n) is 3.87. The van der Waals surface area contributed by atoms with Crippen molar-refractivity contribution < 1.29 is 14.3 Å². The van der Waals surface area contributed by atoms with Gasteiger partial charge in [0.25, 0.3) is 5.91 Å². The molecule has 0 unspecified atom stereocenters. The highest BCUT2D eigenvalue weighted by molar-refractivity contribution is 7.14. The van der Waals surface area contributed by atoms with Crippen molar-refractivity contribution in [2.75, 3.05) is 0 Å². The van der Waals surface area contributed by atoms with Gasteiger partial charge in [0.15, 0.2) is 4.80 Å². The number of hydrogen-bond acceptors (Lipinski definition) is 6. The first-order valence-electron chi connectivity index (χ1n) is 10.6. The number of aromatic nitrogens is 2. The van der Waals surface area contributed by atoms with Gasteiger partial charge in [0, 0.05) is 16.2 Å². The average molecular weight is 499 g/mol. The summed E-state index contributed by atoms with van der Waals surface area (Å²) in [5.74, 6) is -1.19. The fourth-order valence-corrected chi connectivity index (χ4v) is 5.70. The number of benzene rings is 3. The van der Waals surface area contributed by atoms with E-state index in [1.165, 1.54) is 29.5 Å². The molecule has 0 bridgehead atoms. The molecule has 3 heterocycles. The van der Waals surface area contributed by atoms with Gasteiger partial charge in [-0.15, -0.1) is 11.3 Å². The van der Waals surface area contributed by atoms with E-state index in [-0.39, 0.29) is 16.3 Å². The van der Waals surface area contributed by atoms with Crippen molar-refractivity contribution in [3.8, 4) is 22.8 Å². The van der Waals surface area contributed by atoms with Crippen molar-refractivity contribution in [2.45, 2.75) is 0 Å². The number of thiazole rings is 2. The van der Waals surface area contributed by atoms with Crippen LogP contribution in [0.2, 0.25) is 0 Å². The Morgan fingerprint density at radius 1 is 0.971 bits per heavy atom. The molecule has 9 heteroatoms. The number of carbonyl (C=O) groups is 1. The number of aromatic hydroxyl groups is 1. The summed E-state index contributed by atoms with van der Waals surface area (Å²) in [4.78, 5) is 26.9. The molecular formula is C26H15FN4O2S2. The second kappa shape index (κ2) is 8.53. The number of rotatable bonds is 4. The van der Waals surface area contributed by atoms with Gasteiger partial charge in [0.2, 0.25) is 11.0 Å². The molecule has 0 fully saturated rings. The molecule has 170 valence electrons. The van der Waals surface area contributed by atoms with Gasteiger partial charge in [-0.2, -0.15) is 4.99 Å². The van der Waals surface area contributed by atoms with Gasteiger partial charge in [0.05, 0.1) is 22.3 Å². The minimum absolute atomic E-state index is 0.150. The van der Waals surface area contributed by atoms with Crippen molar-refractivity contribution in [3.63, 3.8) is 0 Å². The highest BCUT2D eigenvalue weighted by Crippen LogP contribution is 2.32. The summed E-state index contributed by atoms with van der Waals surface area (Å²) in [6.45, 7) is 0. The third kappa shape index (κ3) is 3.80. The van der Waals surface area contributed by atoms with E-state index >= 15 is 0 Å². The van der Waals surface area contributed by atoms with Crippen LogP contribution in [0.1, 0.15) is 4.88 Å². The van der Waals surface area contributed by atoms with E-state index in [1.54, 1.807) is 4.57 Å². The van der Waals surface area contributed by atoms with Crippen LogP contribution in [-0.2, 0) is 4.79 Å². The second-order valence-electron chi connectivity index (χ2n) is 7.65. The largest absolute Gasteiger partial charge is 0.493 e. The van der Waals surface area contributed by atoms with Gasteiger partial charge in [-0.05, 0) is 30.3 Å². The lowest BCUT2D eigenvalue weighted by Gasteiger charge is -2.05. The normalized spacial score (nSPS) is 13.2. The quantitative estimate of drug-likeness (QED) is 0.405. The van der Waals surface area contributed by atoms with Crippen molar-refractivity contribution in [1.29, 1.82) is 0 Å². The number of hydrogen-bond donors (Lipinski definition) is 1.